The Labute approximate surface area is 119 Å². The molecular weight excluding hydrogens is 304 g/mol. The number of benzene rings is 1. The minimum absolute atomic E-state index is 0.748. The number of anilines is 1. The van der Waals surface area contributed by atoms with Gasteiger partial charge in [0.25, 0.3) is 0 Å². The van der Waals surface area contributed by atoms with E-state index in [9.17, 15) is 0 Å². The zero-order valence-corrected chi connectivity index (χ0v) is 12.1. The molecule has 0 radical (unpaired) electrons. The lowest BCUT2D eigenvalue weighted by molar-refractivity contribution is 0.940. The summed E-state index contributed by atoms with van der Waals surface area (Å²) >= 11 is 3.48. The molecule has 0 bridgehead atoms. The zero-order chi connectivity index (χ0) is 13.2. The van der Waals surface area contributed by atoms with Gasteiger partial charge in [0.15, 0.2) is 5.65 Å². The number of aromatic nitrogens is 3. The molecule has 0 saturated heterocycles. The molecule has 3 aromatic rings. The van der Waals surface area contributed by atoms with E-state index in [1.807, 2.05) is 22.7 Å². The van der Waals surface area contributed by atoms with Crippen LogP contribution in [0.5, 0.6) is 0 Å². The molecule has 0 unspecified atom stereocenters. The Kier molecular flexibility index (Phi) is 3.21. The second kappa shape index (κ2) is 5.01. The third-order valence-electron chi connectivity index (χ3n) is 2.89. The first kappa shape index (κ1) is 12.2. The Morgan fingerprint density at radius 2 is 2.16 bits per heavy atom. The molecule has 5 heteroatoms. The van der Waals surface area contributed by atoms with Gasteiger partial charge in [0.1, 0.15) is 12.1 Å². The van der Waals surface area contributed by atoms with Crippen molar-refractivity contribution in [1.29, 1.82) is 0 Å². The van der Waals surface area contributed by atoms with Crippen LogP contribution in [-0.4, -0.2) is 14.6 Å². The van der Waals surface area contributed by atoms with E-state index < -0.39 is 0 Å². The zero-order valence-electron chi connectivity index (χ0n) is 10.5. The molecule has 19 heavy (non-hydrogen) atoms. The quantitative estimate of drug-likeness (QED) is 0.805. The SMILES string of the molecule is Cc1cc(NCc2cccc(Br)c2)n2ncnc2c1. The second-order valence-corrected chi connectivity index (χ2v) is 5.35. The smallest absolute Gasteiger partial charge is 0.157 e. The van der Waals surface area contributed by atoms with Crippen molar-refractivity contribution in [2.45, 2.75) is 13.5 Å². The molecule has 0 aliphatic carbocycles. The average molecular weight is 317 g/mol. The summed E-state index contributed by atoms with van der Waals surface area (Å²) in [5.74, 6) is 0.951. The Hall–Kier alpha value is -1.88. The first-order valence-electron chi connectivity index (χ1n) is 6.01. The summed E-state index contributed by atoms with van der Waals surface area (Å²) in [6, 6.07) is 12.3. The molecule has 2 aromatic heterocycles. The standard InChI is InChI=1S/C14H13BrN4/c1-10-5-13(19-14(6-10)17-9-18-19)16-8-11-3-2-4-12(15)7-11/h2-7,9,16H,8H2,1H3. The fourth-order valence-electron chi connectivity index (χ4n) is 2.02. The predicted molar refractivity (Wildman–Crippen MR) is 79.2 cm³/mol. The van der Waals surface area contributed by atoms with Gasteiger partial charge < -0.3 is 5.32 Å². The largest absolute Gasteiger partial charge is 0.366 e. The van der Waals surface area contributed by atoms with Gasteiger partial charge in [-0.3, -0.25) is 0 Å². The molecule has 4 nitrogen and oxygen atoms in total. The van der Waals surface area contributed by atoms with Crippen LogP contribution in [0.25, 0.3) is 5.65 Å². The van der Waals surface area contributed by atoms with Gasteiger partial charge >= 0.3 is 0 Å². The van der Waals surface area contributed by atoms with Crippen LogP contribution >= 0.6 is 15.9 Å². The van der Waals surface area contributed by atoms with Gasteiger partial charge in [0, 0.05) is 11.0 Å². The Bertz CT molecular complexity index is 720. The summed E-state index contributed by atoms with van der Waals surface area (Å²) in [4.78, 5) is 4.21. The number of nitrogens with one attached hydrogen (secondary N) is 1. The maximum Gasteiger partial charge on any atom is 0.157 e. The molecule has 1 N–H and O–H groups in total. The van der Waals surface area contributed by atoms with Crippen molar-refractivity contribution in [1.82, 2.24) is 14.6 Å². The molecule has 1 aromatic carbocycles. The Morgan fingerprint density at radius 1 is 1.26 bits per heavy atom. The number of hydrogen-bond donors (Lipinski definition) is 1. The summed E-state index contributed by atoms with van der Waals surface area (Å²) < 4.78 is 2.90. The molecule has 0 aliphatic heterocycles. The summed E-state index contributed by atoms with van der Waals surface area (Å²) in [5.41, 5.74) is 3.23. The van der Waals surface area contributed by atoms with Crippen LogP contribution in [0.1, 0.15) is 11.1 Å². The fraction of sp³-hybridized carbons (Fsp3) is 0.143. The third-order valence-corrected chi connectivity index (χ3v) is 3.38. The molecular formula is C14H13BrN4. The van der Waals surface area contributed by atoms with Crippen molar-refractivity contribution < 1.29 is 0 Å². The van der Waals surface area contributed by atoms with Crippen LogP contribution in [0.3, 0.4) is 0 Å². The second-order valence-electron chi connectivity index (χ2n) is 4.43. The van der Waals surface area contributed by atoms with Gasteiger partial charge in [-0.25, -0.2) is 4.98 Å². The summed E-state index contributed by atoms with van der Waals surface area (Å²) in [7, 11) is 0. The molecule has 2 heterocycles. The summed E-state index contributed by atoms with van der Waals surface area (Å²) in [6.07, 6.45) is 1.57. The highest BCUT2D eigenvalue weighted by Crippen LogP contribution is 2.16. The molecule has 0 spiro atoms. The average Bonchev–Trinajstić information content (AvgIpc) is 2.84. The van der Waals surface area contributed by atoms with Gasteiger partial charge in [-0.2, -0.15) is 9.61 Å². The first-order chi connectivity index (χ1) is 9.22. The number of aryl methyl sites for hydroxylation is 1. The van der Waals surface area contributed by atoms with E-state index in [-0.39, 0.29) is 0 Å². The van der Waals surface area contributed by atoms with E-state index >= 15 is 0 Å². The highest BCUT2D eigenvalue weighted by atomic mass is 79.9. The van der Waals surface area contributed by atoms with Gasteiger partial charge in [-0.05, 0) is 42.3 Å². The lowest BCUT2D eigenvalue weighted by atomic mass is 10.2. The predicted octanol–water partition coefficient (Wildman–Crippen LogP) is 3.41. The summed E-state index contributed by atoms with van der Waals surface area (Å²) in [6.45, 7) is 2.80. The van der Waals surface area contributed by atoms with Crippen LogP contribution < -0.4 is 5.32 Å². The number of nitrogens with zero attached hydrogens (tertiary/aromatic N) is 3. The number of halogens is 1. The van der Waals surface area contributed by atoms with Crippen molar-refractivity contribution in [3.63, 3.8) is 0 Å². The highest BCUT2D eigenvalue weighted by Gasteiger charge is 2.03. The minimum Gasteiger partial charge on any atom is -0.366 e. The Balaban J connectivity index is 1.87. The van der Waals surface area contributed by atoms with E-state index in [0.29, 0.717) is 0 Å². The van der Waals surface area contributed by atoms with Gasteiger partial charge in [0.05, 0.1) is 0 Å². The molecule has 0 aliphatic rings. The first-order valence-corrected chi connectivity index (χ1v) is 6.80. The number of pyridine rings is 1. The van der Waals surface area contributed by atoms with Crippen LogP contribution in [0.2, 0.25) is 0 Å². The van der Waals surface area contributed by atoms with Crippen LogP contribution in [0, 0.1) is 6.92 Å². The molecule has 96 valence electrons. The van der Waals surface area contributed by atoms with Crippen molar-refractivity contribution in [3.8, 4) is 0 Å². The molecule has 0 atom stereocenters. The normalized spacial score (nSPS) is 10.8. The van der Waals surface area contributed by atoms with Crippen molar-refractivity contribution in [3.05, 3.63) is 58.3 Å². The monoisotopic (exact) mass is 316 g/mol. The molecule has 0 amide bonds. The maximum absolute atomic E-state index is 4.22. The van der Waals surface area contributed by atoms with E-state index in [1.54, 1.807) is 6.33 Å². The third kappa shape index (κ3) is 2.61. The summed E-state index contributed by atoms with van der Waals surface area (Å²) in [5, 5.41) is 7.62. The van der Waals surface area contributed by atoms with Crippen molar-refractivity contribution >= 4 is 27.4 Å². The Morgan fingerprint density at radius 3 is 3.00 bits per heavy atom. The van der Waals surface area contributed by atoms with Gasteiger partial charge in [0.2, 0.25) is 0 Å². The van der Waals surface area contributed by atoms with Crippen LogP contribution in [0.15, 0.2) is 47.2 Å². The van der Waals surface area contributed by atoms with Crippen molar-refractivity contribution in [2.24, 2.45) is 0 Å². The number of hydrogen-bond acceptors (Lipinski definition) is 3. The van der Waals surface area contributed by atoms with E-state index in [1.165, 1.54) is 5.56 Å². The van der Waals surface area contributed by atoms with E-state index in [0.717, 1.165) is 28.0 Å². The number of fused-ring (bicyclic) bond motifs is 1. The minimum atomic E-state index is 0.748. The topological polar surface area (TPSA) is 42.2 Å². The van der Waals surface area contributed by atoms with Crippen LogP contribution in [-0.2, 0) is 6.54 Å². The van der Waals surface area contributed by atoms with Crippen LogP contribution in [0.4, 0.5) is 5.82 Å². The maximum atomic E-state index is 4.22. The van der Waals surface area contributed by atoms with E-state index in [2.05, 4.69) is 56.5 Å². The molecule has 0 saturated carbocycles. The molecule has 3 rings (SSSR count). The fourth-order valence-corrected chi connectivity index (χ4v) is 2.47. The molecule has 0 fully saturated rings. The van der Waals surface area contributed by atoms with Crippen molar-refractivity contribution in [2.75, 3.05) is 5.32 Å². The van der Waals surface area contributed by atoms with E-state index in [4.69, 9.17) is 0 Å². The lowest BCUT2D eigenvalue weighted by Crippen LogP contribution is -2.05. The lowest BCUT2D eigenvalue weighted by Gasteiger charge is -2.09. The highest BCUT2D eigenvalue weighted by molar-refractivity contribution is 9.10. The van der Waals surface area contributed by atoms with Gasteiger partial charge in [-0.1, -0.05) is 28.1 Å². The van der Waals surface area contributed by atoms with Gasteiger partial charge in [-0.15, -0.1) is 0 Å². The number of rotatable bonds is 3.